The Hall–Kier alpha value is -3.14. The van der Waals surface area contributed by atoms with Gasteiger partial charge in [-0.3, -0.25) is 14.5 Å². The number of carbonyl (C=O) groups is 2. The van der Waals surface area contributed by atoms with Gasteiger partial charge in [0.1, 0.15) is 5.70 Å². The number of rotatable bonds is 5. The van der Waals surface area contributed by atoms with Crippen molar-refractivity contribution in [3.63, 3.8) is 0 Å². The molecule has 138 valence electrons. The second-order valence-corrected chi connectivity index (χ2v) is 7.00. The lowest BCUT2D eigenvalue weighted by atomic mass is 9.97. The fraction of sp³-hybridized carbons (Fsp3) is 0.217. The first-order valence-corrected chi connectivity index (χ1v) is 8.96. The van der Waals surface area contributed by atoms with E-state index in [0.717, 1.165) is 27.9 Å². The molecule has 0 aromatic heterocycles. The summed E-state index contributed by atoms with van der Waals surface area (Å²) in [6.45, 7) is 11.9. The predicted molar refractivity (Wildman–Crippen MR) is 109 cm³/mol. The number of amides is 2. The van der Waals surface area contributed by atoms with Gasteiger partial charge in [-0.2, -0.15) is 0 Å². The molecule has 0 saturated heterocycles. The molecule has 1 N–H and O–H groups in total. The van der Waals surface area contributed by atoms with Gasteiger partial charge in [0.2, 0.25) is 0 Å². The molecular formula is C23H24N2O2. The zero-order chi connectivity index (χ0) is 19.7. The highest BCUT2D eigenvalue weighted by Gasteiger charge is 2.39. The summed E-state index contributed by atoms with van der Waals surface area (Å²) in [6.07, 6.45) is 1.56. The van der Waals surface area contributed by atoms with E-state index in [1.54, 1.807) is 6.08 Å². The third-order valence-corrected chi connectivity index (χ3v) is 4.91. The van der Waals surface area contributed by atoms with Gasteiger partial charge >= 0.3 is 0 Å². The number of hydrogen-bond donors (Lipinski definition) is 1. The molecule has 0 unspecified atom stereocenters. The first kappa shape index (κ1) is 18.6. The van der Waals surface area contributed by atoms with Crippen LogP contribution in [-0.2, 0) is 9.59 Å². The molecule has 4 heteroatoms. The summed E-state index contributed by atoms with van der Waals surface area (Å²) >= 11 is 0. The van der Waals surface area contributed by atoms with Crippen LogP contribution in [0.1, 0.15) is 27.8 Å². The number of nitrogens with zero attached hydrogens (tertiary/aromatic N) is 1. The van der Waals surface area contributed by atoms with Crippen LogP contribution >= 0.6 is 0 Å². The van der Waals surface area contributed by atoms with Crippen molar-refractivity contribution >= 4 is 23.1 Å². The molecule has 4 nitrogen and oxygen atoms in total. The van der Waals surface area contributed by atoms with Crippen molar-refractivity contribution in [2.24, 2.45) is 0 Å². The third kappa shape index (κ3) is 3.43. The lowest BCUT2D eigenvalue weighted by Gasteiger charge is -2.13. The fourth-order valence-corrected chi connectivity index (χ4v) is 3.29. The molecule has 1 heterocycles. The smallest absolute Gasteiger partial charge is 0.278 e. The first-order valence-electron chi connectivity index (χ1n) is 8.96. The molecule has 1 aliphatic heterocycles. The van der Waals surface area contributed by atoms with E-state index in [1.165, 1.54) is 10.5 Å². The highest BCUT2D eigenvalue weighted by Crippen LogP contribution is 2.32. The summed E-state index contributed by atoms with van der Waals surface area (Å²) in [5.41, 5.74) is 6.66. The van der Waals surface area contributed by atoms with E-state index in [1.807, 2.05) is 64.1 Å². The van der Waals surface area contributed by atoms with Gasteiger partial charge in [0.15, 0.2) is 0 Å². The molecular weight excluding hydrogens is 336 g/mol. The molecule has 0 bridgehead atoms. The molecule has 2 aromatic rings. The van der Waals surface area contributed by atoms with Gasteiger partial charge in [0.25, 0.3) is 11.8 Å². The maximum absolute atomic E-state index is 13.0. The van der Waals surface area contributed by atoms with Crippen LogP contribution in [-0.4, -0.2) is 23.3 Å². The normalized spacial score (nSPS) is 14.1. The van der Waals surface area contributed by atoms with Crippen LogP contribution in [0.25, 0.3) is 5.57 Å². The molecule has 0 aliphatic carbocycles. The molecule has 0 atom stereocenters. The molecule has 3 rings (SSSR count). The van der Waals surface area contributed by atoms with E-state index in [9.17, 15) is 9.59 Å². The summed E-state index contributed by atoms with van der Waals surface area (Å²) < 4.78 is 0. The summed E-state index contributed by atoms with van der Waals surface area (Å²) in [4.78, 5) is 27.2. The molecule has 0 spiro atoms. The van der Waals surface area contributed by atoms with Crippen molar-refractivity contribution in [2.75, 3.05) is 11.9 Å². The van der Waals surface area contributed by atoms with Gasteiger partial charge in [-0.05, 0) is 62.1 Å². The number of anilines is 1. The minimum Gasteiger partial charge on any atom is -0.350 e. The van der Waals surface area contributed by atoms with Gasteiger partial charge in [-0.1, -0.05) is 35.9 Å². The van der Waals surface area contributed by atoms with Crippen LogP contribution in [0.2, 0.25) is 0 Å². The fourth-order valence-electron chi connectivity index (χ4n) is 3.29. The summed E-state index contributed by atoms with van der Waals surface area (Å²) in [7, 11) is 0. The van der Waals surface area contributed by atoms with Crippen LogP contribution in [0.5, 0.6) is 0 Å². The highest BCUT2D eigenvalue weighted by atomic mass is 16.2. The second kappa shape index (κ2) is 7.23. The topological polar surface area (TPSA) is 49.4 Å². The highest BCUT2D eigenvalue weighted by molar-refractivity contribution is 6.36. The zero-order valence-corrected chi connectivity index (χ0v) is 16.2. The van der Waals surface area contributed by atoms with Crippen molar-refractivity contribution in [1.82, 2.24) is 4.90 Å². The number of nitrogens with one attached hydrogen (secondary N) is 1. The van der Waals surface area contributed by atoms with E-state index in [4.69, 9.17) is 0 Å². The number of hydrogen-bond acceptors (Lipinski definition) is 3. The summed E-state index contributed by atoms with van der Waals surface area (Å²) in [5, 5.41) is 3.20. The maximum Gasteiger partial charge on any atom is 0.278 e. The number of benzene rings is 2. The minimum absolute atomic E-state index is 0.185. The molecule has 0 saturated carbocycles. The summed E-state index contributed by atoms with van der Waals surface area (Å²) in [6, 6.07) is 11.8. The Kier molecular flexibility index (Phi) is 5.00. The first-order chi connectivity index (χ1) is 12.8. The molecule has 0 radical (unpaired) electrons. The minimum atomic E-state index is -0.326. The Balaban J connectivity index is 2.13. The Bertz CT molecular complexity index is 986. The zero-order valence-electron chi connectivity index (χ0n) is 16.2. The Morgan fingerprint density at radius 1 is 0.926 bits per heavy atom. The lowest BCUT2D eigenvalue weighted by Crippen LogP contribution is -2.32. The van der Waals surface area contributed by atoms with Crippen molar-refractivity contribution in [1.29, 1.82) is 0 Å². The maximum atomic E-state index is 13.0. The van der Waals surface area contributed by atoms with E-state index in [0.29, 0.717) is 11.3 Å². The van der Waals surface area contributed by atoms with E-state index in [2.05, 4.69) is 11.9 Å². The largest absolute Gasteiger partial charge is 0.350 e. The average Bonchev–Trinajstić information content (AvgIpc) is 2.83. The predicted octanol–water partition coefficient (Wildman–Crippen LogP) is 4.30. The van der Waals surface area contributed by atoms with Gasteiger partial charge < -0.3 is 5.32 Å². The molecule has 2 amide bonds. The average molecular weight is 360 g/mol. The lowest BCUT2D eigenvalue weighted by molar-refractivity contribution is -0.136. The van der Waals surface area contributed by atoms with Crippen molar-refractivity contribution in [2.45, 2.75) is 27.7 Å². The molecule has 0 fully saturated rings. The van der Waals surface area contributed by atoms with Crippen LogP contribution in [0.3, 0.4) is 0 Å². The monoisotopic (exact) mass is 360 g/mol. The van der Waals surface area contributed by atoms with Gasteiger partial charge in [0, 0.05) is 12.2 Å². The van der Waals surface area contributed by atoms with Crippen LogP contribution in [0.15, 0.2) is 54.8 Å². The van der Waals surface area contributed by atoms with Gasteiger partial charge in [0.05, 0.1) is 5.57 Å². The van der Waals surface area contributed by atoms with Gasteiger partial charge in [-0.25, -0.2) is 0 Å². The Morgan fingerprint density at radius 3 is 2.30 bits per heavy atom. The standard InChI is InChI=1S/C23H24N2O2/c1-6-11-25-22(26)20(19-10-7-14(2)12-17(19)5)21(23(25)27)24-18-9-8-15(3)16(4)13-18/h6-10,12-13,24H,1,11H2,2-5H3. The van der Waals surface area contributed by atoms with E-state index < -0.39 is 0 Å². The van der Waals surface area contributed by atoms with Crippen molar-refractivity contribution in [3.8, 4) is 0 Å². The third-order valence-electron chi connectivity index (χ3n) is 4.91. The Labute approximate surface area is 160 Å². The van der Waals surface area contributed by atoms with E-state index >= 15 is 0 Å². The Morgan fingerprint density at radius 2 is 1.67 bits per heavy atom. The van der Waals surface area contributed by atoms with Crippen LogP contribution in [0.4, 0.5) is 5.69 Å². The number of aryl methyl sites for hydroxylation is 4. The van der Waals surface area contributed by atoms with Crippen molar-refractivity contribution in [3.05, 3.63) is 82.6 Å². The van der Waals surface area contributed by atoms with Crippen molar-refractivity contribution < 1.29 is 9.59 Å². The number of imide groups is 1. The summed E-state index contributed by atoms with van der Waals surface area (Å²) in [5.74, 6) is -0.619. The quantitative estimate of drug-likeness (QED) is 0.639. The van der Waals surface area contributed by atoms with Crippen LogP contribution in [0, 0.1) is 27.7 Å². The SMILES string of the molecule is C=CCN1C(=O)C(Nc2ccc(C)c(C)c2)=C(c2ccc(C)cc2C)C1=O. The van der Waals surface area contributed by atoms with Crippen LogP contribution < -0.4 is 5.32 Å². The van der Waals surface area contributed by atoms with Gasteiger partial charge in [-0.15, -0.1) is 6.58 Å². The second-order valence-electron chi connectivity index (χ2n) is 7.00. The molecule has 2 aromatic carbocycles. The number of carbonyl (C=O) groups excluding carboxylic acids is 2. The van der Waals surface area contributed by atoms with E-state index in [-0.39, 0.29) is 18.4 Å². The molecule has 27 heavy (non-hydrogen) atoms. The molecule has 1 aliphatic rings.